The van der Waals surface area contributed by atoms with E-state index >= 15 is 0 Å². The Bertz CT molecular complexity index is 1080. The van der Waals surface area contributed by atoms with E-state index in [0.29, 0.717) is 36.7 Å². The molecule has 0 radical (unpaired) electrons. The molecule has 3 aromatic rings. The van der Waals surface area contributed by atoms with Crippen molar-refractivity contribution in [2.24, 2.45) is 0 Å². The number of hydrogen-bond donors (Lipinski definition) is 1. The molecule has 1 fully saturated rings. The Balaban J connectivity index is 1.50. The van der Waals surface area contributed by atoms with Crippen LogP contribution in [0.5, 0.6) is 0 Å². The maximum atomic E-state index is 13.0. The highest BCUT2D eigenvalue weighted by atomic mass is 32.2. The molecule has 3 heterocycles. The van der Waals surface area contributed by atoms with Crippen LogP contribution >= 0.6 is 0 Å². The molecule has 0 bridgehead atoms. The second-order valence-corrected chi connectivity index (χ2v) is 9.90. The standard InChI is InChI=1S/C19H24N6O2S/c1-19(2,3)14-4-6-15(7-5-14)28(26,27)25-10-8-24(9-11-25)18-16-17(21-12-20-16)22-13-23-18/h4-7,12-13H,8-11H2,1-3H3,(H,20,21,22,23). The van der Waals surface area contributed by atoms with Gasteiger partial charge in [0.1, 0.15) is 11.8 Å². The average molecular weight is 401 g/mol. The molecule has 0 saturated carbocycles. The normalized spacial score (nSPS) is 16.6. The Morgan fingerprint density at radius 2 is 1.64 bits per heavy atom. The van der Waals surface area contributed by atoms with Crippen molar-refractivity contribution in [3.05, 3.63) is 42.5 Å². The molecular formula is C19H24N6O2S. The molecule has 8 nitrogen and oxygen atoms in total. The van der Waals surface area contributed by atoms with Gasteiger partial charge in [0.05, 0.1) is 11.2 Å². The van der Waals surface area contributed by atoms with Gasteiger partial charge in [-0.25, -0.2) is 23.4 Å². The first-order chi connectivity index (χ1) is 13.3. The maximum absolute atomic E-state index is 13.0. The number of nitrogens with zero attached hydrogens (tertiary/aromatic N) is 5. The lowest BCUT2D eigenvalue weighted by atomic mass is 9.87. The number of aromatic nitrogens is 4. The number of imidazole rings is 1. The number of H-pyrrole nitrogens is 1. The summed E-state index contributed by atoms with van der Waals surface area (Å²) in [7, 11) is -3.51. The van der Waals surface area contributed by atoms with Crippen LogP contribution in [0.4, 0.5) is 5.82 Å². The summed E-state index contributed by atoms with van der Waals surface area (Å²) in [6.07, 6.45) is 3.07. The van der Waals surface area contributed by atoms with Crippen LogP contribution in [0.1, 0.15) is 26.3 Å². The zero-order chi connectivity index (χ0) is 19.9. The molecule has 0 atom stereocenters. The van der Waals surface area contributed by atoms with Gasteiger partial charge in [0.2, 0.25) is 10.0 Å². The molecule has 1 aliphatic heterocycles. The van der Waals surface area contributed by atoms with Gasteiger partial charge in [-0.3, -0.25) is 0 Å². The number of fused-ring (bicyclic) bond motifs is 1. The molecule has 0 unspecified atom stereocenters. The number of nitrogens with one attached hydrogen (secondary N) is 1. The van der Waals surface area contributed by atoms with E-state index in [1.807, 2.05) is 12.1 Å². The minimum absolute atomic E-state index is 0.0104. The minimum Gasteiger partial charge on any atom is -0.352 e. The highest BCUT2D eigenvalue weighted by Gasteiger charge is 2.30. The lowest BCUT2D eigenvalue weighted by Crippen LogP contribution is -2.49. The molecule has 2 aromatic heterocycles. The molecule has 4 rings (SSSR count). The molecule has 9 heteroatoms. The summed E-state index contributed by atoms with van der Waals surface area (Å²) in [5, 5.41) is 0. The van der Waals surface area contributed by atoms with Crippen molar-refractivity contribution in [1.82, 2.24) is 24.2 Å². The summed E-state index contributed by atoms with van der Waals surface area (Å²) in [6, 6.07) is 7.22. The summed E-state index contributed by atoms with van der Waals surface area (Å²) < 4.78 is 27.6. The summed E-state index contributed by atoms with van der Waals surface area (Å²) in [5.41, 5.74) is 2.49. The van der Waals surface area contributed by atoms with Crippen LogP contribution in [-0.4, -0.2) is 58.8 Å². The second-order valence-electron chi connectivity index (χ2n) is 7.96. The van der Waals surface area contributed by atoms with Crippen LogP contribution < -0.4 is 4.90 Å². The first-order valence-corrected chi connectivity index (χ1v) is 10.7. The monoisotopic (exact) mass is 400 g/mol. The van der Waals surface area contributed by atoms with Crippen molar-refractivity contribution in [3.63, 3.8) is 0 Å². The quantitative estimate of drug-likeness (QED) is 0.724. The fourth-order valence-corrected chi connectivity index (χ4v) is 4.83. The Morgan fingerprint density at radius 1 is 0.964 bits per heavy atom. The van der Waals surface area contributed by atoms with Gasteiger partial charge in [-0.2, -0.15) is 4.31 Å². The lowest BCUT2D eigenvalue weighted by molar-refractivity contribution is 0.384. The van der Waals surface area contributed by atoms with E-state index in [-0.39, 0.29) is 5.41 Å². The van der Waals surface area contributed by atoms with Crippen LogP contribution in [0.3, 0.4) is 0 Å². The maximum Gasteiger partial charge on any atom is 0.243 e. The topological polar surface area (TPSA) is 95.1 Å². The van der Waals surface area contributed by atoms with Gasteiger partial charge in [-0.05, 0) is 23.1 Å². The van der Waals surface area contributed by atoms with Crippen LogP contribution in [0, 0.1) is 0 Å². The molecule has 0 aliphatic carbocycles. The molecule has 1 aromatic carbocycles. The predicted octanol–water partition coefficient (Wildman–Crippen LogP) is 2.16. The van der Waals surface area contributed by atoms with Crippen molar-refractivity contribution < 1.29 is 8.42 Å². The van der Waals surface area contributed by atoms with Crippen LogP contribution in [0.2, 0.25) is 0 Å². The highest BCUT2D eigenvalue weighted by molar-refractivity contribution is 7.89. The third-order valence-corrected chi connectivity index (χ3v) is 7.01. The van der Waals surface area contributed by atoms with E-state index in [9.17, 15) is 8.42 Å². The molecule has 1 saturated heterocycles. The van der Waals surface area contributed by atoms with Gasteiger partial charge in [-0.1, -0.05) is 32.9 Å². The van der Waals surface area contributed by atoms with Crippen molar-refractivity contribution in [1.29, 1.82) is 0 Å². The largest absolute Gasteiger partial charge is 0.352 e. The Morgan fingerprint density at radius 3 is 2.29 bits per heavy atom. The van der Waals surface area contributed by atoms with Crippen molar-refractivity contribution in [3.8, 4) is 0 Å². The van der Waals surface area contributed by atoms with Crippen LogP contribution in [0.15, 0.2) is 41.8 Å². The van der Waals surface area contributed by atoms with Gasteiger partial charge >= 0.3 is 0 Å². The number of sulfonamides is 1. The van der Waals surface area contributed by atoms with Crippen LogP contribution in [0.25, 0.3) is 11.2 Å². The number of hydrogen-bond acceptors (Lipinski definition) is 6. The average Bonchev–Trinajstić information content (AvgIpc) is 3.16. The summed E-state index contributed by atoms with van der Waals surface area (Å²) >= 11 is 0. The highest BCUT2D eigenvalue weighted by Crippen LogP contribution is 2.26. The number of aromatic amines is 1. The number of benzene rings is 1. The van der Waals surface area contributed by atoms with E-state index in [1.165, 1.54) is 6.33 Å². The van der Waals surface area contributed by atoms with Crippen molar-refractivity contribution >= 4 is 27.0 Å². The van der Waals surface area contributed by atoms with Crippen molar-refractivity contribution in [2.45, 2.75) is 31.1 Å². The SMILES string of the molecule is CC(C)(C)c1ccc(S(=O)(=O)N2CCN(c3ncnc4nc[nH]c34)CC2)cc1. The molecule has 1 aliphatic rings. The van der Waals surface area contributed by atoms with E-state index in [4.69, 9.17) is 0 Å². The van der Waals surface area contributed by atoms with Gasteiger partial charge in [0.15, 0.2) is 11.5 Å². The van der Waals surface area contributed by atoms with Gasteiger partial charge in [0.25, 0.3) is 0 Å². The summed E-state index contributed by atoms with van der Waals surface area (Å²) in [6.45, 7) is 8.26. The van der Waals surface area contributed by atoms with Gasteiger partial charge < -0.3 is 9.88 Å². The van der Waals surface area contributed by atoms with E-state index in [0.717, 1.165) is 16.9 Å². The third-order valence-electron chi connectivity index (χ3n) is 5.10. The molecule has 0 amide bonds. The fourth-order valence-electron chi connectivity index (χ4n) is 3.41. The molecular weight excluding hydrogens is 376 g/mol. The van der Waals surface area contributed by atoms with Crippen LogP contribution in [-0.2, 0) is 15.4 Å². The molecule has 28 heavy (non-hydrogen) atoms. The number of anilines is 1. The van der Waals surface area contributed by atoms with E-state index in [2.05, 4.69) is 45.6 Å². The first kappa shape index (κ1) is 18.8. The van der Waals surface area contributed by atoms with E-state index in [1.54, 1.807) is 22.8 Å². The van der Waals surface area contributed by atoms with Gasteiger partial charge in [0, 0.05) is 26.2 Å². The smallest absolute Gasteiger partial charge is 0.243 e. The number of rotatable bonds is 3. The lowest BCUT2D eigenvalue weighted by Gasteiger charge is -2.34. The zero-order valence-corrected chi connectivity index (χ0v) is 17.1. The van der Waals surface area contributed by atoms with E-state index < -0.39 is 10.0 Å². The Kier molecular flexibility index (Phi) is 4.59. The molecule has 148 valence electrons. The zero-order valence-electron chi connectivity index (χ0n) is 16.3. The van der Waals surface area contributed by atoms with Gasteiger partial charge in [-0.15, -0.1) is 0 Å². The fraction of sp³-hybridized carbons (Fsp3) is 0.421. The first-order valence-electron chi connectivity index (χ1n) is 9.26. The second kappa shape index (κ2) is 6.82. The summed E-state index contributed by atoms with van der Waals surface area (Å²) in [4.78, 5) is 18.1. The number of piperazine rings is 1. The Labute approximate surface area is 164 Å². The molecule has 0 spiro atoms. The predicted molar refractivity (Wildman–Crippen MR) is 108 cm³/mol. The molecule has 1 N–H and O–H groups in total. The minimum atomic E-state index is -3.51. The Hall–Kier alpha value is -2.52. The van der Waals surface area contributed by atoms with Crippen molar-refractivity contribution in [2.75, 3.05) is 31.1 Å². The third kappa shape index (κ3) is 3.35. The summed E-state index contributed by atoms with van der Waals surface area (Å²) in [5.74, 6) is 0.758.